The van der Waals surface area contributed by atoms with Crippen LogP contribution >= 0.6 is 0 Å². The van der Waals surface area contributed by atoms with Gasteiger partial charge in [0.1, 0.15) is 17.1 Å². The fraction of sp³-hybridized carbons (Fsp3) is 0.158. The largest absolute Gasteiger partial charge is 0.490 e. The topological polar surface area (TPSA) is 76.7 Å². The third kappa shape index (κ3) is 3.01. The first-order valence-corrected chi connectivity index (χ1v) is 7.53. The van der Waals surface area contributed by atoms with E-state index in [1.54, 1.807) is 0 Å². The van der Waals surface area contributed by atoms with E-state index in [2.05, 4.69) is 0 Å². The summed E-state index contributed by atoms with van der Waals surface area (Å²) in [5, 5.41) is 9.28. The molecule has 3 rings (SSSR count). The summed E-state index contributed by atoms with van der Waals surface area (Å²) in [4.78, 5) is 23.4. The van der Waals surface area contributed by atoms with E-state index in [9.17, 15) is 9.59 Å². The Kier molecular flexibility index (Phi) is 4.08. The second kappa shape index (κ2) is 6.20. The van der Waals surface area contributed by atoms with Gasteiger partial charge in [-0.15, -0.1) is 0 Å². The highest BCUT2D eigenvalue weighted by Gasteiger charge is 2.14. The predicted octanol–water partition coefficient (Wildman–Crippen LogP) is 3.95. The first-order chi connectivity index (χ1) is 11.5. The fourth-order valence-electron chi connectivity index (χ4n) is 2.45. The molecule has 1 N–H and O–H groups in total. The molecular weight excluding hydrogens is 308 g/mol. The molecule has 0 unspecified atom stereocenters. The lowest BCUT2D eigenvalue weighted by atomic mass is 10.1. The van der Waals surface area contributed by atoms with E-state index in [0.29, 0.717) is 22.7 Å². The minimum atomic E-state index is -1.09. The van der Waals surface area contributed by atoms with Crippen molar-refractivity contribution in [1.29, 1.82) is 0 Å². The minimum Gasteiger partial charge on any atom is -0.490 e. The quantitative estimate of drug-likeness (QED) is 0.786. The molecule has 0 aliphatic heterocycles. The average Bonchev–Trinajstić information content (AvgIpc) is 2.54. The molecule has 0 bridgehead atoms. The smallest absolute Gasteiger partial charge is 0.335 e. The summed E-state index contributed by atoms with van der Waals surface area (Å²) in [5.41, 5.74) is 0.758. The molecule has 5 heteroatoms. The summed E-state index contributed by atoms with van der Waals surface area (Å²) in [6.07, 6.45) is -0.0172. The maximum Gasteiger partial charge on any atom is 0.335 e. The summed E-state index contributed by atoms with van der Waals surface area (Å²) >= 11 is 0. The van der Waals surface area contributed by atoms with Crippen molar-refractivity contribution in [1.82, 2.24) is 0 Å². The second-order valence-corrected chi connectivity index (χ2v) is 5.65. The zero-order valence-corrected chi connectivity index (χ0v) is 13.3. The Morgan fingerprint density at radius 3 is 2.58 bits per heavy atom. The van der Waals surface area contributed by atoms with Crippen molar-refractivity contribution in [2.75, 3.05) is 0 Å². The van der Waals surface area contributed by atoms with Crippen molar-refractivity contribution >= 4 is 16.9 Å². The molecule has 0 amide bonds. The number of carbonyl (C=O) groups is 1. The van der Waals surface area contributed by atoms with Crippen LogP contribution in [0.1, 0.15) is 24.2 Å². The van der Waals surface area contributed by atoms with Crippen LogP contribution in [0, 0.1) is 0 Å². The Hall–Kier alpha value is -3.08. The van der Waals surface area contributed by atoms with Gasteiger partial charge in [0, 0.05) is 6.07 Å². The highest BCUT2D eigenvalue weighted by molar-refractivity contribution is 5.93. The van der Waals surface area contributed by atoms with Crippen LogP contribution in [-0.4, -0.2) is 17.2 Å². The molecule has 0 saturated heterocycles. The van der Waals surface area contributed by atoms with Crippen molar-refractivity contribution in [2.24, 2.45) is 0 Å². The molecule has 0 saturated carbocycles. The van der Waals surface area contributed by atoms with Gasteiger partial charge >= 0.3 is 5.97 Å². The van der Waals surface area contributed by atoms with E-state index < -0.39 is 5.97 Å². The number of hydrogen-bond donors (Lipinski definition) is 1. The number of hydrogen-bond acceptors (Lipinski definition) is 4. The van der Waals surface area contributed by atoms with Crippen LogP contribution in [-0.2, 0) is 0 Å². The van der Waals surface area contributed by atoms with Crippen molar-refractivity contribution in [3.05, 3.63) is 64.3 Å². The summed E-state index contributed by atoms with van der Waals surface area (Å²) in [7, 11) is 0. The van der Waals surface area contributed by atoms with Gasteiger partial charge in [0.25, 0.3) is 0 Å². The van der Waals surface area contributed by atoms with Crippen LogP contribution in [0.5, 0.6) is 5.75 Å². The summed E-state index contributed by atoms with van der Waals surface area (Å²) in [6, 6.07) is 12.9. The monoisotopic (exact) mass is 324 g/mol. The van der Waals surface area contributed by atoms with E-state index in [0.717, 1.165) is 0 Å². The zero-order chi connectivity index (χ0) is 17.3. The predicted molar refractivity (Wildman–Crippen MR) is 90.6 cm³/mol. The highest BCUT2D eigenvalue weighted by Crippen LogP contribution is 2.31. The Morgan fingerprint density at radius 2 is 1.88 bits per heavy atom. The lowest BCUT2D eigenvalue weighted by molar-refractivity contribution is 0.0697. The molecule has 3 aromatic rings. The number of benzene rings is 2. The number of aromatic carboxylic acids is 1. The number of carboxylic acid groups (broad SMARTS) is 1. The maximum atomic E-state index is 12.4. The number of carboxylic acids is 1. The summed E-state index contributed by atoms with van der Waals surface area (Å²) in [5.74, 6) is -0.0833. The van der Waals surface area contributed by atoms with Crippen molar-refractivity contribution in [3.63, 3.8) is 0 Å². The highest BCUT2D eigenvalue weighted by atomic mass is 16.5. The van der Waals surface area contributed by atoms with Crippen LogP contribution in [0.4, 0.5) is 0 Å². The van der Waals surface area contributed by atoms with Gasteiger partial charge in [0.05, 0.1) is 22.6 Å². The molecule has 1 aromatic heterocycles. The number of para-hydroxylation sites is 1. The van der Waals surface area contributed by atoms with Gasteiger partial charge < -0.3 is 14.3 Å². The lowest BCUT2D eigenvalue weighted by Crippen LogP contribution is -2.07. The van der Waals surface area contributed by atoms with Gasteiger partial charge in [0.2, 0.25) is 0 Å². The van der Waals surface area contributed by atoms with Crippen LogP contribution in [0.25, 0.3) is 22.3 Å². The van der Waals surface area contributed by atoms with Gasteiger partial charge in [-0.05, 0) is 44.2 Å². The third-order valence-electron chi connectivity index (χ3n) is 3.49. The second-order valence-electron chi connectivity index (χ2n) is 5.65. The molecule has 0 atom stereocenters. The normalized spacial score (nSPS) is 11.0. The molecule has 122 valence electrons. The van der Waals surface area contributed by atoms with Gasteiger partial charge in [0.15, 0.2) is 5.43 Å². The van der Waals surface area contributed by atoms with Crippen LogP contribution in [0.2, 0.25) is 0 Å². The van der Waals surface area contributed by atoms with Crippen molar-refractivity contribution in [3.8, 4) is 17.1 Å². The van der Waals surface area contributed by atoms with E-state index >= 15 is 0 Å². The molecule has 0 spiro atoms. The van der Waals surface area contributed by atoms with E-state index in [4.69, 9.17) is 14.3 Å². The first-order valence-electron chi connectivity index (χ1n) is 7.53. The Bertz CT molecular complexity index is 969. The van der Waals surface area contributed by atoms with Crippen molar-refractivity contribution in [2.45, 2.75) is 20.0 Å². The number of fused-ring (bicyclic) bond motifs is 1. The fourth-order valence-corrected chi connectivity index (χ4v) is 2.45. The molecular formula is C19H16O5. The van der Waals surface area contributed by atoms with Crippen LogP contribution in [0.3, 0.4) is 0 Å². The number of rotatable bonds is 4. The molecule has 0 radical (unpaired) electrons. The molecule has 0 fully saturated rings. The van der Waals surface area contributed by atoms with Crippen LogP contribution in [0.15, 0.2) is 57.7 Å². The Morgan fingerprint density at radius 1 is 1.12 bits per heavy atom. The van der Waals surface area contributed by atoms with E-state index in [1.807, 2.05) is 38.1 Å². The minimum absolute atomic E-state index is 0.0172. The van der Waals surface area contributed by atoms with E-state index in [-0.39, 0.29) is 22.5 Å². The van der Waals surface area contributed by atoms with Gasteiger partial charge in [-0.25, -0.2) is 4.79 Å². The standard InChI is InChI=1S/C19H16O5/c1-11(2)23-16-6-4-3-5-13(16)18-10-15(20)14-9-12(19(21)22)7-8-17(14)24-18/h3-11H,1-2H3,(H,21,22). The molecule has 24 heavy (non-hydrogen) atoms. The van der Waals surface area contributed by atoms with Gasteiger partial charge in [-0.1, -0.05) is 12.1 Å². The van der Waals surface area contributed by atoms with Gasteiger partial charge in [-0.2, -0.15) is 0 Å². The molecule has 5 nitrogen and oxygen atoms in total. The molecule has 0 aliphatic rings. The molecule has 1 heterocycles. The maximum absolute atomic E-state index is 12.4. The average molecular weight is 324 g/mol. The molecule has 0 aliphatic carbocycles. The van der Waals surface area contributed by atoms with Crippen LogP contribution < -0.4 is 10.2 Å². The van der Waals surface area contributed by atoms with E-state index in [1.165, 1.54) is 24.3 Å². The molecule has 2 aromatic carbocycles. The lowest BCUT2D eigenvalue weighted by Gasteiger charge is -2.13. The summed E-state index contributed by atoms with van der Waals surface area (Å²) < 4.78 is 11.6. The first kappa shape index (κ1) is 15.8. The Balaban J connectivity index is 2.17. The zero-order valence-electron chi connectivity index (χ0n) is 13.3. The number of ether oxygens (including phenoxy) is 1. The Labute approximate surface area is 138 Å². The third-order valence-corrected chi connectivity index (χ3v) is 3.49. The summed E-state index contributed by atoms with van der Waals surface area (Å²) in [6.45, 7) is 3.83. The van der Waals surface area contributed by atoms with Gasteiger partial charge in [-0.3, -0.25) is 4.79 Å². The SMILES string of the molecule is CC(C)Oc1ccccc1-c1cc(=O)c2cc(C(=O)O)ccc2o1. The van der Waals surface area contributed by atoms with Crippen molar-refractivity contribution < 1.29 is 19.1 Å².